The molecule has 4 N–H and O–H groups in total. The molecule has 0 unspecified atom stereocenters. The van der Waals surface area contributed by atoms with E-state index in [1.165, 1.54) is 6.21 Å². The van der Waals surface area contributed by atoms with E-state index in [2.05, 4.69) is 10.7 Å². The van der Waals surface area contributed by atoms with Crippen LogP contribution < -0.4 is 5.73 Å². The standard InChI is InChI=1S/C5H10N2O3/c6-5(10)7-3-1-2-4(8)9/h3-4,8-9H,1-2H2,(H2,6,10). The normalized spacial score (nSPS) is 11.1. The Balaban J connectivity index is 3.27. The van der Waals surface area contributed by atoms with Crippen LogP contribution in [0.4, 0.5) is 4.79 Å². The molecule has 0 saturated carbocycles. The largest absolute Gasteiger partial charge is 0.368 e. The number of rotatable bonds is 3. The van der Waals surface area contributed by atoms with Crippen LogP contribution in [0.3, 0.4) is 0 Å². The van der Waals surface area contributed by atoms with E-state index in [1.807, 2.05) is 0 Å². The SMILES string of the molecule is NC(=O)N=CCCC(O)O. The van der Waals surface area contributed by atoms with Crippen molar-refractivity contribution in [2.75, 3.05) is 0 Å². The van der Waals surface area contributed by atoms with Crippen LogP contribution in [0.1, 0.15) is 12.8 Å². The van der Waals surface area contributed by atoms with Gasteiger partial charge in [-0.2, -0.15) is 0 Å². The second-order valence-electron chi connectivity index (χ2n) is 1.71. The van der Waals surface area contributed by atoms with Gasteiger partial charge in [-0.25, -0.2) is 9.79 Å². The van der Waals surface area contributed by atoms with Crippen molar-refractivity contribution in [3.05, 3.63) is 0 Å². The van der Waals surface area contributed by atoms with Crippen molar-refractivity contribution in [1.29, 1.82) is 0 Å². The quantitative estimate of drug-likeness (QED) is 0.360. The first kappa shape index (κ1) is 9.06. The Kier molecular flexibility index (Phi) is 4.43. The van der Waals surface area contributed by atoms with Crippen molar-refractivity contribution < 1.29 is 15.0 Å². The molecule has 10 heavy (non-hydrogen) atoms. The molecule has 58 valence electrons. The molecule has 2 amide bonds. The molecule has 0 rings (SSSR count). The second kappa shape index (κ2) is 4.89. The molecule has 0 bridgehead atoms. The van der Waals surface area contributed by atoms with Gasteiger partial charge in [0, 0.05) is 12.6 Å². The molecule has 0 aliphatic carbocycles. The van der Waals surface area contributed by atoms with Gasteiger partial charge in [0.25, 0.3) is 0 Å². The fourth-order valence-corrected chi connectivity index (χ4v) is 0.378. The van der Waals surface area contributed by atoms with Gasteiger partial charge in [0.15, 0.2) is 6.29 Å². The highest BCUT2D eigenvalue weighted by Gasteiger charge is 1.93. The number of nitrogens with two attached hydrogens (primary N) is 1. The third-order valence-corrected chi connectivity index (χ3v) is 0.772. The minimum absolute atomic E-state index is 0.163. The van der Waals surface area contributed by atoms with Crippen LogP contribution in [0.25, 0.3) is 0 Å². The summed E-state index contributed by atoms with van der Waals surface area (Å²) in [5, 5.41) is 16.6. The third kappa shape index (κ3) is 7.06. The molecule has 0 saturated heterocycles. The Bertz CT molecular complexity index is 133. The Morgan fingerprint density at radius 2 is 2.30 bits per heavy atom. The average Bonchev–Trinajstić information content (AvgIpc) is 1.79. The minimum atomic E-state index is -1.35. The zero-order valence-electron chi connectivity index (χ0n) is 5.40. The number of nitrogens with zero attached hydrogens (tertiary/aromatic N) is 1. The molecule has 5 nitrogen and oxygen atoms in total. The molecule has 5 heteroatoms. The Morgan fingerprint density at radius 3 is 2.70 bits per heavy atom. The maximum atomic E-state index is 9.94. The summed E-state index contributed by atoms with van der Waals surface area (Å²) < 4.78 is 0. The summed E-state index contributed by atoms with van der Waals surface area (Å²) in [5.74, 6) is 0. The van der Waals surface area contributed by atoms with E-state index in [0.717, 1.165) is 0 Å². The minimum Gasteiger partial charge on any atom is -0.368 e. The Labute approximate surface area is 58.2 Å². The molecule has 0 fully saturated rings. The van der Waals surface area contributed by atoms with Gasteiger partial charge in [-0.3, -0.25) is 0 Å². The first-order chi connectivity index (χ1) is 4.63. The van der Waals surface area contributed by atoms with Crippen LogP contribution in [0.15, 0.2) is 4.99 Å². The lowest BCUT2D eigenvalue weighted by Gasteiger charge is -1.96. The summed E-state index contributed by atoms with van der Waals surface area (Å²) in [6, 6.07) is -0.771. The Hall–Kier alpha value is -0.940. The number of carbonyl (C=O) groups excluding carboxylic acids is 1. The highest BCUT2D eigenvalue weighted by atomic mass is 16.5. The molecule has 0 aromatic heterocycles. The fraction of sp³-hybridized carbons (Fsp3) is 0.600. The summed E-state index contributed by atoms with van der Waals surface area (Å²) in [5.41, 5.74) is 4.65. The van der Waals surface area contributed by atoms with Crippen molar-refractivity contribution in [1.82, 2.24) is 0 Å². The predicted octanol–water partition coefficient (Wildman–Crippen LogP) is -0.773. The van der Waals surface area contributed by atoms with Crippen molar-refractivity contribution >= 4 is 12.2 Å². The molecule has 0 aromatic carbocycles. The fourth-order valence-electron chi connectivity index (χ4n) is 0.378. The number of hydrogen-bond acceptors (Lipinski definition) is 3. The van der Waals surface area contributed by atoms with E-state index in [9.17, 15) is 4.79 Å². The third-order valence-electron chi connectivity index (χ3n) is 0.772. The van der Waals surface area contributed by atoms with Gasteiger partial charge < -0.3 is 15.9 Å². The summed E-state index contributed by atoms with van der Waals surface area (Å²) in [7, 11) is 0. The number of aliphatic imine (C=N–C) groups is 1. The lowest BCUT2D eigenvalue weighted by Crippen LogP contribution is -2.06. The summed E-state index contributed by atoms with van der Waals surface area (Å²) in [4.78, 5) is 13.1. The van der Waals surface area contributed by atoms with Crippen molar-refractivity contribution in [2.24, 2.45) is 10.7 Å². The number of primary amides is 1. The molecule has 0 radical (unpaired) electrons. The van der Waals surface area contributed by atoms with Gasteiger partial charge in [0.05, 0.1) is 0 Å². The van der Waals surface area contributed by atoms with Gasteiger partial charge >= 0.3 is 6.03 Å². The lowest BCUT2D eigenvalue weighted by molar-refractivity contribution is -0.0433. The van der Waals surface area contributed by atoms with E-state index in [4.69, 9.17) is 10.2 Å². The molecule has 0 aromatic rings. The predicted molar refractivity (Wildman–Crippen MR) is 35.5 cm³/mol. The van der Waals surface area contributed by atoms with E-state index >= 15 is 0 Å². The first-order valence-electron chi connectivity index (χ1n) is 2.81. The maximum absolute atomic E-state index is 9.94. The number of aliphatic hydroxyl groups is 2. The molecule has 0 atom stereocenters. The van der Waals surface area contributed by atoms with Crippen LogP contribution in [0.5, 0.6) is 0 Å². The molecular formula is C5H10N2O3. The number of aliphatic hydroxyl groups excluding tert-OH is 1. The number of amides is 2. The van der Waals surface area contributed by atoms with Crippen molar-refractivity contribution in [3.8, 4) is 0 Å². The smallest absolute Gasteiger partial charge is 0.337 e. The van der Waals surface area contributed by atoms with Gasteiger partial charge in [0.1, 0.15) is 0 Å². The summed E-state index contributed by atoms with van der Waals surface area (Å²) >= 11 is 0. The number of hydrogen-bond donors (Lipinski definition) is 3. The first-order valence-corrected chi connectivity index (χ1v) is 2.81. The molecule has 0 aliphatic rings. The lowest BCUT2D eigenvalue weighted by atomic mass is 10.3. The van der Waals surface area contributed by atoms with Gasteiger partial charge in [-0.1, -0.05) is 0 Å². The van der Waals surface area contributed by atoms with E-state index in [-0.39, 0.29) is 6.42 Å². The second-order valence-corrected chi connectivity index (χ2v) is 1.71. The van der Waals surface area contributed by atoms with Crippen molar-refractivity contribution in [2.45, 2.75) is 19.1 Å². The average molecular weight is 146 g/mol. The molecular weight excluding hydrogens is 136 g/mol. The molecule has 0 spiro atoms. The molecule has 0 aliphatic heterocycles. The zero-order valence-corrected chi connectivity index (χ0v) is 5.40. The van der Waals surface area contributed by atoms with Crippen LogP contribution in [-0.2, 0) is 0 Å². The summed E-state index contributed by atoms with van der Waals surface area (Å²) in [6.07, 6.45) is 0.401. The van der Waals surface area contributed by atoms with Crippen LogP contribution in [0.2, 0.25) is 0 Å². The highest BCUT2D eigenvalue weighted by molar-refractivity contribution is 5.81. The van der Waals surface area contributed by atoms with Crippen LogP contribution in [-0.4, -0.2) is 28.7 Å². The van der Waals surface area contributed by atoms with E-state index in [0.29, 0.717) is 6.42 Å². The Morgan fingerprint density at radius 1 is 1.70 bits per heavy atom. The van der Waals surface area contributed by atoms with Crippen LogP contribution in [0, 0.1) is 0 Å². The number of urea groups is 1. The topological polar surface area (TPSA) is 95.9 Å². The summed E-state index contributed by atoms with van der Waals surface area (Å²) in [6.45, 7) is 0. The zero-order chi connectivity index (χ0) is 7.98. The highest BCUT2D eigenvalue weighted by Crippen LogP contribution is 1.89. The molecule has 0 heterocycles. The monoisotopic (exact) mass is 146 g/mol. The van der Waals surface area contributed by atoms with Gasteiger partial charge in [0.2, 0.25) is 0 Å². The van der Waals surface area contributed by atoms with E-state index in [1.54, 1.807) is 0 Å². The van der Waals surface area contributed by atoms with Crippen molar-refractivity contribution in [3.63, 3.8) is 0 Å². The van der Waals surface area contributed by atoms with Gasteiger partial charge in [-0.05, 0) is 6.42 Å². The van der Waals surface area contributed by atoms with Gasteiger partial charge in [-0.15, -0.1) is 0 Å². The van der Waals surface area contributed by atoms with Crippen LogP contribution >= 0.6 is 0 Å². The number of carbonyl (C=O) groups is 1. The van der Waals surface area contributed by atoms with E-state index < -0.39 is 12.3 Å². The maximum Gasteiger partial charge on any atom is 0.337 e.